The highest BCUT2D eigenvalue weighted by Gasteiger charge is 2.22. The molecule has 3 aromatic rings. The van der Waals surface area contributed by atoms with Crippen molar-refractivity contribution in [2.75, 3.05) is 12.0 Å². The molecule has 0 aliphatic heterocycles. The third kappa shape index (κ3) is 5.34. The van der Waals surface area contributed by atoms with E-state index in [4.69, 9.17) is 16.2 Å². The third-order valence-electron chi connectivity index (χ3n) is 5.05. The summed E-state index contributed by atoms with van der Waals surface area (Å²) in [7, 11) is -4.04. The van der Waals surface area contributed by atoms with Gasteiger partial charge in [0, 0.05) is 33.8 Å². The van der Waals surface area contributed by atoms with Crippen molar-refractivity contribution in [3.63, 3.8) is 0 Å². The Morgan fingerprint density at radius 3 is 2.66 bits per heavy atom. The van der Waals surface area contributed by atoms with Crippen LogP contribution >= 0.6 is 23.4 Å². The van der Waals surface area contributed by atoms with Gasteiger partial charge in [0.2, 0.25) is 0 Å². The normalized spacial score (nSPS) is 13.1. The van der Waals surface area contributed by atoms with Crippen LogP contribution in [0, 0.1) is 12.7 Å². The fraction of sp³-hybridized carbons (Fsp3) is 0.333. The number of aryl methyl sites for hydroxylation is 1. The van der Waals surface area contributed by atoms with E-state index in [0.717, 1.165) is 33.2 Å². The lowest BCUT2D eigenvalue weighted by molar-refractivity contribution is 0.479. The molecule has 156 valence electrons. The van der Waals surface area contributed by atoms with E-state index in [1.54, 1.807) is 23.9 Å². The van der Waals surface area contributed by atoms with Crippen LogP contribution in [0.25, 0.3) is 10.9 Å². The van der Waals surface area contributed by atoms with Crippen molar-refractivity contribution in [1.82, 2.24) is 4.98 Å². The highest BCUT2D eigenvalue weighted by molar-refractivity contribution is 7.97. The van der Waals surface area contributed by atoms with Gasteiger partial charge in [0.15, 0.2) is 0 Å². The average Bonchev–Trinajstić information content (AvgIpc) is 3.02. The van der Waals surface area contributed by atoms with Gasteiger partial charge in [-0.2, -0.15) is 20.2 Å². The second kappa shape index (κ2) is 9.08. The monoisotopic (exact) mass is 455 g/mol. The molecular formula is C21H23ClFNO3S2. The van der Waals surface area contributed by atoms with Gasteiger partial charge >= 0.3 is 0 Å². The van der Waals surface area contributed by atoms with E-state index in [0.29, 0.717) is 17.2 Å². The number of rotatable bonds is 8. The van der Waals surface area contributed by atoms with Gasteiger partial charge in [-0.3, -0.25) is 4.55 Å². The van der Waals surface area contributed by atoms with Crippen LogP contribution in [0.4, 0.5) is 4.39 Å². The molecule has 1 atom stereocenters. The Kier molecular flexibility index (Phi) is 6.94. The van der Waals surface area contributed by atoms with Gasteiger partial charge < -0.3 is 4.98 Å². The van der Waals surface area contributed by atoms with Crippen molar-refractivity contribution >= 4 is 44.4 Å². The van der Waals surface area contributed by atoms with Crippen molar-refractivity contribution in [2.24, 2.45) is 0 Å². The molecule has 0 aliphatic rings. The highest BCUT2D eigenvalue weighted by Crippen LogP contribution is 2.38. The predicted molar refractivity (Wildman–Crippen MR) is 119 cm³/mol. The van der Waals surface area contributed by atoms with E-state index in [2.05, 4.69) is 4.98 Å². The van der Waals surface area contributed by atoms with Gasteiger partial charge in [-0.15, -0.1) is 0 Å². The number of thioether (sulfide) groups is 1. The first-order valence-corrected chi connectivity index (χ1v) is 12.6. The van der Waals surface area contributed by atoms with Crippen LogP contribution in [0.15, 0.2) is 36.5 Å². The van der Waals surface area contributed by atoms with Crippen molar-refractivity contribution in [2.45, 2.75) is 31.4 Å². The van der Waals surface area contributed by atoms with Crippen LogP contribution in [0.1, 0.15) is 41.0 Å². The maximum Gasteiger partial charge on any atom is 0.264 e. The lowest BCUT2D eigenvalue weighted by Crippen LogP contribution is -2.08. The molecule has 29 heavy (non-hydrogen) atoms. The third-order valence-corrected chi connectivity index (χ3v) is 6.68. The number of hydrogen-bond acceptors (Lipinski definition) is 3. The number of fused-ring (bicyclic) bond motifs is 1. The van der Waals surface area contributed by atoms with Crippen LogP contribution in [0.3, 0.4) is 0 Å². The molecule has 0 fully saturated rings. The number of nitrogens with one attached hydrogen (secondary N) is 1. The second-order valence-corrected chi connectivity index (χ2v) is 10.0. The molecule has 0 amide bonds. The molecule has 8 heteroatoms. The minimum absolute atomic E-state index is 0.160. The summed E-state index contributed by atoms with van der Waals surface area (Å²) in [5.41, 5.74) is 4.67. The van der Waals surface area contributed by atoms with Gasteiger partial charge in [-0.05, 0) is 72.5 Å². The Bertz CT molecular complexity index is 1130. The second-order valence-electron chi connectivity index (χ2n) is 7.15. The van der Waals surface area contributed by atoms with E-state index < -0.39 is 10.1 Å². The van der Waals surface area contributed by atoms with E-state index in [1.165, 1.54) is 6.07 Å². The van der Waals surface area contributed by atoms with Crippen molar-refractivity contribution in [3.05, 3.63) is 69.6 Å². The Balaban J connectivity index is 2.10. The molecule has 0 radical (unpaired) electrons. The van der Waals surface area contributed by atoms with Gasteiger partial charge in [-0.25, -0.2) is 4.39 Å². The zero-order valence-electron chi connectivity index (χ0n) is 16.2. The molecule has 1 heterocycles. The van der Waals surface area contributed by atoms with Crippen LogP contribution in [0.5, 0.6) is 0 Å². The first-order chi connectivity index (χ1) is 13.7. The zero-order valence-corrected chi connectivity index (χ0v) is 18.6. The van der Waals surface area contributed by atoms with Crippen molar-refractivity contribution in [1.29, 1.82) is 0 Å². The minimum atomic E-state index is -4.04. The van der Waals surface area contributed by atoms with Crippen LogP contribution in [0.2, 0.25) is 5.02 Å². The molecule has 1 unspecified atom stereocenters. The van der Waals surface area contributed by atoms with Gasteiger partial charge in [0.05, 0.1) is 5.75 Å². The topological polar surface area (TPSA) is 70.2 Å². The fourth-order valence-corrected chi connectivity index (χ4v) is 5.12. The Labute approximate surface area is 179 Å². The Morgan fingerprint density at radius 2 is 2.00 bits per heavy atom. The molecule has 0 bridgehead atoms. The molecule has 4 nitrogen and oxygen atoms in total. The van der Waals surface area contributed by atoms with E-state index in [9.17, 15) is 12.8 Å². The number of benzene rings is 2. The van der Waals surface area contributed by atoms with Crippen LogP contribution in [-0.2, 0) is 15.9 Å². The predicted octanol–water partition coefficient (Wildman–Crippen LogP) is 5.93. The summed E-state index contributed by atoms with van der Waals surface area (Å²) >= 11 is 7.73. The van der Waals surface area contributed by atoms with Crippen LogP contribution < -0.4 is 0 Å². The molecule has 2 aromatic carbocycles. The summed E-state index contributed by atoms with van der Waals surface area (Å²) in [6.45, 7) is 1.95. The lowest BCUT2D eigenvalue weighted by Gasteiger charge is -2.20. The molecule has 1 aromatic heterocycles. The number of H-pyrrole nitrogens is 1. The maximum atomic E-state index is 14.3. The summed E-state index contributed by atoms with van der Waals surface area (Å²) in [6, 6.07) is 8.65. The molecule has 0 aliphatic carbocycles. The first kappa shape index (κ1) is 22.2. The van der Waals surface area contributed by atoms with Crippen molar-refractivity contribution in [3.8, 4) is 0 Å². The largest absolute Gasteiger partial charge is 0.361 e. The van der Waals surface area contributed by atoms with Gasteiger partial charge in [0.25, 0.3) is 10.1 Å². The highest BCUT2D eigenvalue weighted by atomic mass is 35.5. The molecular weight excluding hydrogens is 433 g/mol. The number of aromatic amines is 1. The molecule has 0 saturated carbocycles. The van der Waals surface area contributed by atoms with Crippen LogP contribution in [-0.4, -0.2) is 30.0 Å². The van der Waals surface area contributed by atoms with Gasteiger partial charge in [0.1, 0.15) is 5.82 Å². The van der Waals surface area contributed by atoms with E-state index >= 15 is 0 Å². The molecule has 3 rings (SSSR count). The fourth-order valence-electron chi connectivity index (χ4n) is 3.83. The SMILES string of the molecule is CSCc1cc(F)cc2c(C(CCCS(=O)(=O)O)c3ccc(Cl)cc3C)c[nH]c12. The number of aromatic nitrogens is 1. The molecule has 0 spiro atoms. The van der Waals surface area contributed by atoms with E-state index in [1.807, 2.05) is 31.5 Å². The zero-order chi connectivity index (χ0) is 21.2. The Hall–Kier alpha value is -1.54. The minimum Gasteiger partial charge on any atom is -0.361 e. The smallest absolute Gasteiger partial charge is 0.264 e. The summed E-state index contributed by atoms with van der Waals surface area (Å²) in [4.78, 5) is 3.28. The number of hydrogen-bond donors (Lipinski definition) is 2. The average molecular weight is 456 g/mol. The van der Waals surface area contributed by atoms with Crippen molar-refractivity contribution < 1.29 is 17.4 Å². The summed E-state index contributed by atoms with van der Waals surface area (Å²) in [5, 5.41) is 1.41. The molecule has 0 saturated heterocycles. The standard InChI is InChI=1S/C21H23ClFNO3S2/c1-13-8-15(22)5-6-17(13)18(4-3-7-29(25,26)27)20-11-24-21-14(12-28-2)9-16(23)10-19(20)21/h5-6,8-11,18,24H,3-4,7,12H2,1-2H3,(H,25,26,27). The first-order valence-electron chi connectivity index (χ1n) is 9.19. The summed E-state index contributed by atoms with van der Waals surface area (Å²) in [5.74, 6) is -0.0924. The van der Waals surface area contributed by atoms with Gasteiger partial charge in [-0.1, -0.05) is 17.7 Å². The summed E-state index contributed by atoms with van der Waals surface area (Å²) in [6.07, 6.45) is 4.62. The summed E-state index contributed by atoms with van der Waals surface area (Å²) < 4.78 is 45.9. The van der Waals surface area contributed by atoms with E-state index in [-0.39, 0.29) is 23.9 Å². The maximum absolute atomic E-state index is 14.3. The Morgan fingerprint density at radius 1 is 1.24 bits per heavy atom. The lowest BCUT2D eigenvalue weighted by atomic mass is 9.85. The number of halogens is 2. The molecule has 2 N–H and O–H groups in total. The quantitative estimate of drug-likeness (QED) is 0.413.